The van der Waals surface area contributed by atoms with Crippen molar-refractivity contribution in [2.75, 3.05) is 7.05 Å². The molecule has 0 saturated carbocycles. The Hall–Kier alpha value is -2.03. The van der Waals surface area contributed by atoms with Crippen molar-refractivity contribution in [3.63, 3.8) is 0 Å². The van der Waals surface area contributed by atoms with E-state index >= 15 is 0 Å². The van der Waals surface area contributed by atoms with Gasteiger partial charge in [0.05, 0.1) is 0 Å². The lowest BCUT2D eigenvalue weighted by molar-refractivity contribution is 0.112. The van der Waals surface area contributed by atoms with E-state index in [-0.39, 0.29) is 0 Å². The molecule has 1 aromatic carbocycles. The van der Waals surface area contributed by atoms with Gasteiger partial charge in [-0.3, -0.25) is 4.79 Å². The van der Waals surface area contributed by atoms with Crippen molar-refractivity contribution in [2.45, 2.75) is 20.3 Å². The van der Waals surface area contributed by atoms with Crippen LogP contribution in [0, 0.1) is 0 Å². The molecule has 0 aliphatic carbocycles. The first-order valence-corrected chi connectivity index (χ1v) is 6.01. The summed E-state index contributed by atoms with van der Waals surface area (Å²) < 4.78 is 5.73. The van der Waals surface area contributed by atoms with E-state index in [0.29, 0.717) is 11.3 Å². The molecule has 0 saturated heterocycles. The Kier molecular flexibility index (Phi) is 5.71. The number of allylic oxidation sites excluding steroid dienone is 3. The van der Waals surface area contributed by atoms with Gasteiger partial charge in [-0.15, -0.1) is 0 Å². The molecule has 1 aromatic rings. The fraction of sp³-hybridized carbons (Fsp3) is 0.267. The van der Waals surface area contributed by atoms with Crippen LogP contribution >= 0.6 is 0 Å². The molecule has 0 bridgehead atoms. The summed E-state index contributed by atoms with van der Waals surface area (Å²) in [5.41, 5.74) is 1.70. The Morgan fingerprint density at radius 1 is 1.44 bits per heavy atom. The van der Waals surface area contributed by atoms with Gasteiger partial charge in [0.2, 0.25) is 0 Å². The van der Waals surface area contributed by atoms with Crippen LogP contribution in [0.2, 0.25) is 0 Å². The summed E-state index contributed by atoms with van der Waals surface area (Å²) in [5, 5.41) is 3.11. The maximum Gasteiger partial charge on any atom is 0.150 e. The smallest absolute Gasteiger partial charge is 0.150 e. The van der Waals surface area contributed by atoms with Crippen LogP contribution in [0.5, 0.6) is 5.75 Å². The summed E-state index contributed by atoms with van der Waals surface area (Å²) >= 11 is 0. The van der Waals surface area contributed by atoms with Crippen molar-refractivity contribution >= 4 is 6.29 Å². The second-order valence-corrected chi connectivity index (χ2v) is 3.76. The Bertz CT molecular complexity index is 455. The van der Waals surface area contributed by atoms with Gasteiger partial charge in [0, 0.05) is 18.3 Å². The molecule has 0 spiro atoms. The maximum absolute atomic E-state index is 10.7. The molecule has 1 rings (SSSR count). The number of hydrogen-bond donors (Lipinski definition) is 1. The molecule has 0 aliphatic rings. The van der Waals surface area contributed by atoms with E-state index in [1.54, 1.807) is 18.2 Å². The molecule has 0 unspecified atom stereocenters. The molecule has 3 heteroatoms. The monoisotopic (exact) mass is 245 g/mol. The van der Waals surface area contributed by atoms with Gasteiger partial charge in [-0.05, 0) is 37.6 Å². The minimum Gasteiger partial charge on any atom is -0.458 e. The van der Waals surface area contributed by atoms with Crippen LogP contribution in [0.25, 0.3) is 0 Å². The van der Waals surface area contributed by atoms with Crippen LogP contribution in [-0.4, -0.2) is 13.3 Å². The lowest BCUT2D eigenvalue weighted by Gasteiger charge is -2.09. The zero-order chi connectivity index (χ0) is 13.4. The van der Waals surface area contributed by atoms with Crippen molar-refractivity contribution in [2.24, 2.45) is 0 Å². The van der Waals surface area contributed by atoms with Crippen molar-refractivity contribution in [1.29, 1.82) is 0 Å². The number of carbonyl (C=O) groups is 1. The van der Waals surface area contributed by atoms with E-state index in [1.807, 2.05) is 32.2 Å². The van der Waals surface area contributed by atoms with Gasteiger partial charge in [-0.2, -0.15) is 0 Å². The first kappa shape index (κ1) is 14.0. The molecule has 18 heavy (non-hydrogen) atoms. The third kappa shape index (κ3) is 4.09. The quantitative estimate of drug-likeness (QED) is 0.475. The van der Waals surface area contributed by atoms with Crippen molar-refractivity contribution < 1.29 is 9.53 Å². The van der Waals surface area contributed by atoms with Crippen molar-refractivity contribution in [3.05, 3.63) is 53.4 Å². The predicted octanol–water partition coefficient (Wildman–Crippen LogP) is 3.30. The normalized spacial score (nSPS) is 12.2. The van der Waals surface area contributed by atoms with E-state index in [4.69, 9.17) is 4.74 Å². The number of ether oxygens (including phenoxy) is 1. The first-order chi connectivity index (χ1) is 8.73. The van der Waals surface area contributed by atoms with E-state index in [1.165, 1.54) is 0 Å². The lowest BCUT2D eigenvalue weighted by atomic mass is 10.2. The third-order valence-corrected chi connectivity index (χ3v) is 2.53. The van der Waals surface area contributed by atoms with E-state index in [2.05, 4.69) is 12.2 Å². The maximum atomic E-state index is 10.7. The second-order valence-electron chi connectivity index (χ2n) is 3.76. The first-order valence-electron chi connectivity index (χ1n) is 6.01. The van der Waals surface area contributed by atoms with E-state index < -0.39 is 0 Å². The Morgan fingerprint density at radius 3 is 2.78 bits per heavy atom. The van der Waals surface area contributed by atoms with Crippen molar-refractivity contribution in [1.82, 2.24) is 5.32 Å². The fourth-order valence-corrected chi connectivity index (χ4v) is 1.48. The van der Waals surface area contributed by atoms with Gasteiger partial charge >= 0.3 is 0 Å². The molecular weight excluding hydrogens is 226 g/mol. The van der Waals surface area contributed by atoms with Crippen LogP contribution in [0.15, 0.2) is 47.9 Å². The minimum absolute atomic E-state index is 0.608. The molecule has 0 atom stereocenters. The molecule has 3 nitrogen and oxygen atoms in total. The number of benzene rings is 1. The van der Waals surface area contributed by atoms with Crippen LogP contribution < -0.4 is 10.1 Å². The van der Waals surface area contributed by atoms with E-state index in [0.717, 1.165) is 24.2 Å². The number of hydrogen-bond acceptors (Lipinski definition) is 3. The molecule has 0 fully saturated rings. The lowest BCUT2D eigenvalue weighted by Crippen LogP contribution is -2.06. The standard InChI is InChI=1S/C15H19NO2/c1-4-13(16-3)10-14(5-2)18-15-8-6-7-12(9-15)11-17/h5-11,16H,4H2,1-3H3/b13-10+,14-5+. The van der Waals surface area contributed by atoms with Gasteiger partial charge in [0.25, 0.3) is 0 Å². The molecule has 0 aromatic heterocycles. The summed E-state index contributed by atoms with van der Waals surface area (Å²) in [7, 11) is 1.88. The van der Waals surface area contributed by atoms with Crippen LogP contribution in [0.4, 0.5) is 0 Å². The Labute approximate surface area is 108 Å². The zero-order valence-corrected chi connectivity index (χ0v) is 11.1. The Balaban J connectivity index is 2.86. The summed E-state index contributed by atoms with van der Waals surface area (Å²) in [6.45, 7) is 3.99. The van der Waals surface area contributed by atoms with Gasteiger partial charge in [-0.1, -0.05) is 19.1 Å². The fourth-order valence-electron chi connectivity index (χ4n) is 1.48. The zero-order valence-electron chi connectivity index (χ0n) is 11.1. The Morgan fingerprint density at radius 2 is 2.22 bits per heavy atom. The molecule has 0 heterocycles. The van der Waals surface area contributed by atoms with Gasteiger partial charge in [-0.25, -0.2) is 0 Å². The summed E-state index contributed by atoms with van der Waals surface area (Å²) in [4.78, 5) is 10.7. The summed E-state index contributed by atoms with van der Waals surface area (Å²) in [6, 6.07) is 7.09. The topological polar surface area (TPSA) is 38.3 Å². The largest absolute Gasteiger partial charge is 0.458 e. The second kappa shape index (κ2) is 7.33. The minimum atomic E-state index is 0.608. The highest BCUT2D eigenvalue weighted by atomic mass is 16.5. The molecule has 0 aliphatic heterocycles. The highest BCUT2D eigenvalue weighted by Gasteiger charge is 2.00. The van der Waals surface area contributed by atoms with E-state index in [9.17, 15) is 4.79 Å². The average Bonchev–Trinajstić information content (AvgIpc) is 2.43. The van der Waals surface area contributed by atoms with Crippen molar-refractivity contribution in [3.8, 4) is 5.75 Å². The van der Waals surface area contributed by atoms with Gasteiger partial charge in [0.1, 0.15) is 17.8 Å². The average molecular weight is 245 g/mol. The SMILES string of the molecule is C/C=C(\C=C(/CC)NC)Oc1cccc(C=O)c1. The van der Waals surface area contributed by atoms with Gasteiger partial charge < -0.3 is 10.1 Å². The summed E-state index contributed by atoms with van der Waals surface area (Å²) in [5.74, 6) is 1.42. The van der Waals surface area contributed by atoms with Crippen LogP contribution in [-0.2, 0) is 0 Å². The third-order valence-electron chi connectivity index (χ3n) is 2.53. The molecular formula is C15H19NO2. The predicted molar refractivity (Wildman–Crippen MR) is 73.6 cm³/mol. The molecule has 0 amide bonds. The highest BCUT2D eigenvalue weighted by Crippen LogP contribution is 2.16. The number of aldehydes is 1. The van der Waals surface area contributed by atoms with Crippen LogP contribution in [0.1, 0.15) is 30.6 Å². The molecule has 1 N–H and O–H groups in total. The van der Waals surface area contributed by atoms with Crippen LogP contribution in [0.3, 0.4) is 0 Å². The number of rotatable bonds is 6. The highest BCUT2D eigenvalue weighted by molar-refractivity contribution is 5.75. The molecule has 0 radical (unpaired) electrons. The summed E-state index contributed by atoms with van der Waals surface area (Å²) in [6.07, 6.45) is 5.56. The number of carbonyl (C=O) groups excluding carboxylic acids is 1. The molecule has 96 valence electrons. The number of nitrogens with one attached hydrogen (secondary N) is 1. The van der Waals surface area contributed by atoms with Gasteiger partial charge in [0.15, 0.2) is 0 Å².